The van der Waals surface area contributed by atoms with Crippen LogP contribution < -0.4 is 0 Å². The van der Waals surface area contributed by atoms with Crippen molar-refractivity contribution < 1.29 is 14.3 Å². The highest BCUT2D eigenvalue weighted by atomic mass is 16.7. The molecular weight excluding hydrogens is 144 g/mol. The van der Waals surface area contributed by atoms with Crippen LogP contribution >= 0.6 is 0 Å². The molecule has 0 saturated carbocycles. The lowest BCUT2D eigenvalue weighted by atomic mass is 10.1. The molecule has 0 radical (unpaired) electrons. The van der Waals surface area contributed by atoms with Crippen LogP contribution in [0.5, 0.6) is 0 Å². The quantitative estimate of drug-likeness (QED) is 0.617. The molecule has 0 aromatic heterocycles. The molecule has 1 aliphatic heterocycles. The Kier molecular flexibility index (Phi) is 2.62. The summed E-state index contributed by atoms with van der Waals surface area (Å²) in [5.74, 6) is -0.443. The van der Waals surface area contributed by atoms with Gasteiger partial charge < -0.3 is 9.47 Å². The van der Waals surface area contributed by atoms with Gasteiger partial charge in [0.25, 0.3) is 0 Å². The van der Waals surface area contributed by atoms with E-state index in [-0.39, 0.29) is 5.78 Å². The van der Waals surface area contributed by atoms with Crippen molar-refractivity contribution in [2.75, 3.05) is 13.2 Å². The number of carbonyl (C=O) groups is 1. The van der Waals surface area contributed by atoms with Crippen molar-refractivity contribution in [3.05, 3.63) is 0 Å². The molecule has 0 N–H and O–H groups in total. The molecule has 0 spiro atoms. The van der Waals surface area contributed by atoms with Gasteiger partial charge in [-0.2, -0.15) is 0 Å². The summed E-state index contributed by atoms with van der Waals surface area (Å²) in [6.45, 7) is 4.87. The molecule has 1 aliphatic rings. The van der Waals surface area contributed by atoms with E-state index in [1.807, 2.05) is 13.8 Å². The van der Waals surface area contributed by atoms with Crippen molar-refractivity contribution >= 4 is 5.78 Å². The summed E-state index contributed by atoms with van der Waals surface area (Å²) in [6.07, 6.45) is 0.936. The van der Waals surface area contributed by atoms with Gasteiger partial charge in [-0.1, -0.05) is 6.92 Å². The van der Waals surface area contributed by atoms with Gasteiger partial charge in [-0.3, -0.25) is 4.79 Å². The first kappa shape index (κ1) is 8.68. The Bertz CT molecular complexity index is 147. The van der Waals surface area contributed by atoms with Gasteiger partial charge in [-0.05, 0) is 6.92 Å². The number of ether oxygens (including phenoxy) is 2. The topological polar surface area (TPSA) is 35.5 Å². The molecule has 1 fully saturated rings. The average molecular weight is 158 g/mol. The van der Waals surface area contributed by atoms with Crippen molar-refractivity contribution in [1.82, 2.24) is 0 Å². The molecule has 0 aromatic rings. The molecule has 64 valence electrons. The summed E-state index contributed by atoms with van der Waals surface area (Å²) in [4.78, 5) is 11.0. The third kappa shape index (κ3) is 2.27. The number of Topliss-reactive ketones (excluding diaryl/α,β-unsaturated/α-hetero) is 1. The fourth-order valence-corrected chi connectivity index (χ4v) is 1.14. The summed E-state index contributed by atoms with van der Waals surface area (Å²) in [5, 5.41) is 0. The number of carbonyl (C=O) groups excluding carboxylic acids is 1. The molecular formula is C8H14O3. The van der Waals surface area contributed by atoms with E-state index in [1.54, 1.807) is 0 Å². The molecule has 3 nitrogen and oxygen atoms in total. The number of rotatable bonds is 3. The van der Waals surface area contributed by atoms with Gasteiger partial charge in [0.05, 0.1) is 19.6 Å². The van der Waals surface area contributed by atoms with E-state index in [9.17, 15) is 4.79 Å². The van der Waals surface area contributed by atoms with Gasteiger partial charge in [0.2, 0.25) is 0 Å². The zero-order chi connectivity index (χ0) is 8.32. The third-order valence-electron chi connectivity index (χ3n) is 1.81. The molecule has 1 saturated heterocycles. The van der Waals surface area contributed by atoms with E-state index in [0.717, 1.165) is 0 Å². The minimum absolute atomic E-state index is 0.189. The van der Waals surface area contributed by atoms with Crippen molar-refractivity contribution in [2.24, 2.45) is 0 Å². The zero-order valence-corrected chi connectivity index (χ0v) is 7.05. The highest BCUT2D eigenvalue weighted by Gasteiger charge is 2.32. The summed E-state index contributed by atoms with van der Waals surface area (Å²) >= 11 is 0. The van der Waals surface area contributed by atoms with Crippen LogP contribution in [0.2, 0.25) is 0 Å². The molecule has 0 unspecified atom stereocenters. The van der Waals surface area contributed by atoms with Crippen LogP contribution in [-0.4, -0.2) is 24.8 Å². The maximum atomic E-state index is 11.0. The Labute approximate surface area is 66.7 Å². The van der Waals surface area contributed by atoms with Gasteiger partial charge in [0, 0.05) is 6.42 Å². The lowest BCUT2D eigenvalue weighted by Crippen LogP contribution is -2.28. The van der Waals surface area contributed by atoms with Crippen molar-refractivity contribution in [2.45, 2.75) is 32.5 Å². The van der Waals surface area contributed by atoms with Crippen molar-refractivity contribution in [1.29, 1.82) is 0 Å². The minimum Gasteiger partial charge on any atom is -0.347 e. The average Bonchev–Trinajstić information content (AvgIpc) is 2.36. The largest absolute Gasteiger partial charge is 0.347 e. The molecule has 0 aromatic carbocycles. The highest BCUT2D eigenvalue weighted by Crippen LogP contribution is 2.22. The van der Waals surface area contributed by atoms with Gasteiger partial charge in [-0.25, -0.2) is 0 Å². The van der Waals surface area contributed by atoms with E-state index in [1.165, 1.54) is 0 Å². The Morgan fingerprint density at radius 1 is 1.45 bits per heavy atom. The Morgan fingerprint density at radius 3 is 2.45 bits per heavy atom. The summed E-state index contributed by atoms with van der Waals surface area (Å²) in [7, 11) is 0. The Hall–Kier alpha value is -0.410. The van der Waals surface area contributed by atoms with Crippen LogP contribution in [0.15, 0.2) is 0 Å². The van der Waals surface area contributed by atoms with Crippen LogP contribution in [0.25, 0.3) is 0 Å². The van der Waals surface area contributed by atoms with Crippen LogP contribution in [0.3, 0.4) is 0 Å². The van der Waals surface area contributed by atoms with E-state index in [2.05, 4.69) is 0 Å². The SMILES string of the molecule is CCC(=O)CC1(C)OCCO1. The molecule has 0 atom stereocenters. The maximum absolute atomic E-state index is 11.0. The number of hydrogen-bond donors (Lipinski definition) is 0. The van der Waals surface area contributed by atoms with E-state index < -0.39 is 5.79 Å². The first-order valence-corrected chi connectivity index (χ1v) is 3.96. The van der Waals surface area contributed by atoms with Gasteiger partial charge in [-0.15, -0.1) is 0 Å². The molecule has 0 aliphatic carbocycles. The zero-order valence-electron chi connectivity index (χ0n) is 7.05. The number of hydrogen-bond acceptors (Lipinski definition) is 3. The standard InChI is InChI=1S/C8H14O3/c1-3-7(9)6-8(2)10-4-5-11-8/h3-6H2,1-2H3. The normalized spacial score (nSPS) is 22.0. The molecule has 0 amide bonds. The van der Waals surface area contributed by atoms with E-state index in [4.69, 9.17) is 9.47 Å². The van der Waals surface area contributed by atoms with Gasteiger partial charge in [0.15, 0.2) is 5.79 Å². The molecule has 3 heteroatoms. The van der Waals surface area contributed by atoms with Crippen LogP contribution in [0.1, 0.15) is 26.7 Å². The molecule has 1 heterocycles. The van der Waals surface area contributed by atoms with Crippen LogP contribution in [0.4, 0.5) is 0 Å². The second-order valence-corrected chi connectivity index (χ2v) is 2.90. The van der Waals surface area contributed by atoms with Crippen molar-refractivity contribution in [3.8, 4) is 0 Å². The second-order valence-electron chi connectivity index (χ2n) is 2.90. The Balaban J connectivity index is 2.39. The van der Waals surface area contributed by atoms with Crippen molar-refractivity contribution in [3.63, 3.8) is 0 Å². The lowest BCUT2D eigenvalue weighted by Gasteiger charge is -2.20. The minimum atomic E-state index is -0.632. The summed E-state index contributed by atoms with van der Waals surface area (Å²) in [5.41, 5.74) is 0. The predicted octanol–water partition coefficient (Wildman–Crippen LogP) is 1.12. The fourth-order valence-electron chi connectivity index (χ4n) is 1.14. The van der Waals surface area contributed by atoms with E-state index in [0.29, 0.717) is 26.1 Å². The first-order valence-electron chi connectivity index (χ1n) is 3.96. The monoisotopic (exact) mass is 158 g/mol. The maximum Gasteiger partial charge on any atom is 0.172 e. The molecule has 1 rings (SSSR count). The number of ketones is 1. The summed E-state index contributed by atoms with van der Waals surface area (Å²) in [6, 6.07) is 0. The van der Waals surface area contributed by atoms with E-state index >= 15 is 0 Å². The van der Waals surface area contributed by atoms with Crippen LogP contribution in [-0.2, 0) is 14.3 Å². The fraction of sp³-hybridized carbons (Fsp3) is 0.875. The van der Waals surface area contributed by atoms with Gasteiger partial charge in [0.1, 0.15) is 5.78 Å². The lowest BCUT2D eigenvalue weighted by molar-refractivity contribution is -0.158. The van der Waals surface area contributed by atoms with Gasteiger partial charge >= 0.3 is 0 Å². The highest BCUT2D eigenvalue weighted by molar-refractivity contribution is 5.78. The Morgan fingerprint density at radius 2 is 2.00 bits per heavy atom. The smallest absolute Gasteiger partial charge is 0.172 e. The first-order chi connectivity index (χ1) is 5.16. The predicted molar refractivity (Wildman–Crippen MR) is 40.2 cm³/mol. The summed E-state index contributed by atoms with van der Waals surface area (Å²) < 4.78 is 10.5. The molecule has 0 bridgehead atoms. The molecule has 11 heavy (non-hydrogen) atoms. The second kappa shape index (κ2) is 3.32. The van der Waals surface area contributed by atoms with Crippen LogP contribution in [0, 0.1) is 0 Å². The third-order valence-corrected chi connectivity index (χ3v) is 1.81.